The zero-order chi connectivity index (χ0) is 25.9. The van der Waals surface area contributed by atoms with Gasteiger partial charge in [0.05, 0.1) is 18.1 Å². The summed E-state index contributed by atoms with van der Waals surface area (Å²) in [5.41, 5.74) is 3.23. The largest absolute Gasteiger partial charge is 0.449 e. The van der Waals surface area contributed by atoms with Gasteiger partial charge in [-0.1, -0.05) is 19.4 Å². The summed E-state index contributed by atoms with van der Waals surface area (Å²) in [4.78, 5) is 17.6. The number of anilines is 1. The zero-order valence-corrected chi connectivity index (χ0v) is 21.3. The predicted octanol–water partition coefficient (Wildman–Crippen LogP) is 4.31. The van der Waals surface area contributed by atoms with E-state index in [2.05, 4.69) is 52.0 Å². The molecule has 0 aliphatic carbocycles. The van der Waals surface area contributed by atoms with Crippen molar-refractivity contribution in [2.75, 3.05) is 38.6 Å². The Morgan fingerprint density at radius 1 is 1.11 bits per heavy atom. The number of hydrogen-bond acceptors (Lipinski definition) is 7. The number of nitrogens with zero attached hydrogens (tertiary/aromatic N) is 7. The second-order valence-electron chi connectivity index (χ2n) is 9.85. The van der Waals surface area contributed by atoms with Gasteiger partial charge < -0.3 is 14.5 Å². The van der Waals surface area contributed by atoms with Crippen LogP contribution in [0.3, 0.4) is 0 Å². The van der Waals surface area contributed by atoms with Crippen molar-refractivity contribution in [3.8, 4) is 6.01 Å². The van der Waals surface area contributed by atoms with Crippen molar-refractivity contribution in [2.24, 2.45) is 5.92 Å². The van der Waals surface area contributed by atoms with Gasteiger partial charge in [0.2, 0.25) is 0 Å². The van der Waals surface area contributed by atoms with Gasteiger partial charge in [-0.25, -0.2) is 14.5 Å². The summed E-state index contributed by atoms with van der Waals surface area (Å²) in [7, 11) is 4.23. The lowest BCUT2D eigenvalue weighted by molar-refractivity contribution is -0.198. The third kappa shape index (κ3) is 6.24. The van der Waals surface area contributed by atoms with Gasteiger partial charge >= 0.3 is 12.2 Å². The number of rotatable bonds is 9. The molecule has 0 spiro atoms. The normalized spacial score (nSPS) is 16.2. The average molecular weight is 506 g/mol. The van der Waals surface area contributed by atoms with E-state index in [-0.39, 0.29) is 12.4 Å². The van der Waals surface area contributed by atoms with Crippen molar-refractivity contribution in [3.63, 3.8) is 0 Å². The third-order valence-corrected chi connectivity index (χ3v) is 6.50. The second-order valence-corrected chi connectivity index (χ2v) is 9.85. The Balaban J connectivity index is 1.47. The predicted molar refractivity (Wildman–Crippen MR) is 131 cm³/mol. The molecule has 3 aromatic rings. The molecule has 1 atom stereocenters. The van der Waals surface area contributed by atoms with Gasteiger partial charge in [-0.15, -0.1) is 5.10 Å². The van der Waals surface area contributed by atoms with Crippen LogP contribution in [-0.2, 0) is 6.42 Å². The lowest BCUT2D eigenvalue weighted by Gasteiger charge is -2.34. The van der Waals surface area contributed by atoms with Crippen molar-refractivity contribution in [1.82, 2.24) is 29.5 Å². The van der Waals surface area contributed by atoms with Crippen molar-refractivity contribution < 1.29 is 17.9 Å². The average Bonchev–Trinajstić information content (AvgIpc) is 3.20. The SMILES string of the molecule is CCC[C@@H](Oc1ncc2ncc(Cc3cnc(N4CCC(CN(C)C)CC4)c(C)c3)n2n1)C(F)(F)F. The van der Waals surface area contributed by atoms with Crippen LogP contribution in [0.1, 0.15) is 49.4 Å². The topological polar surface area (TPSA) is 71.7 Å². The van der Waals surface area contributed by atoms with Gasteiger partial charge in [-0.3, -0.25) is 0 Å². The lowest BCUT2D eigenvalue weighted by Crippen LogP contribution is -2.37. The van der Waals surface area contributed by atoms with Gasteiger partial charge in [0.1, 0.15) is 5.82 Å². The smallest absolute Gasteiger partial charge is 0.425 e. The number of piperidine rings is 1. The van der Waals surface area contributed by atoms with Gasteiger partial charge in [0.15, 0.2) is 11.8 Å². The minimum Gasteiger partial charge on any atom is -0.449 e. The van der Waals surface area contributed by atoms with Crippen LogP contribution >= 0.6 is 0 Å². The number of imidazole rings is 1. The minimum absolute atomic E-state index is 0.160. The molecule has 8 nitrogen and oxygen atoms in total. The van der Waals surface area contributed by atoms with E-state index in [9.17, 15) is 13.2 Å². The fourth-order valence-electron chi connectivity index (χ4n) is 4.78. The molecule has 4 rings (SSSR count). The van der Waals surface area contributed by atoms with E-state index >= 15 is 0 Å². The molecule has 11 heteroatoms. The maximum Gasteiger partial charge on any atom is 0.425 e. The van der Waals surface area contributed by atoms with E-state index in [1.807, 2.05) is 6.20 Å². The monoisotopic (exact) mass is 505 g/mol. The first-order chi connectivity index (χ1) is 17.1. The second kappa shape index (κ2) is 11.0. The van der Waals surface area contributed by atoms with Crippen molar-refractivity contribution in [2.45, 2.75) is 58.2 Å². The highest BCUT2D eigenvalue weighted by Gasteiger charge is 2.41. The molecule has 0 saturated carbocycles. The van der Waals surface area contributed by atoms with Crippen LogP contribution in [0.25, 0.3) is 5.65 Å². The Morgan fingerprint density at radius 2 is 1.86 bits per heavy atom. The van der Waals surface area contributed by atoms with Crippen molar-refractivity contribution in [3.05, 3.63) is 41.5 Å². The van der Waals surface area contributed by atoms with E-state index in [1.54, 1.807) is 13.1 Å². The van der Waals surface area contributed by atoms with Crippen molar-refractivity contribution in [1.29, 1.82) is 0 Å². The Hall–Kier alpha value is -2.95. The molecule has 0 N–H and O–H groups in total. The minimum atomic E-state index is -4.49. The Labute approximate surface area is 209 Å². The molecule has 1 fully saturated rings. The maximum absolute atomic E-state index is 13.3. The summed E-state index contributed by atoms with van der Waals surface area (Å²) in [6, 6.07) is 1.78. The third-order valence-electron chi connectivity index (χ3n) is 6.50. The molecule has 1 saturated heterocycles. The first-order valence-corrected chi connectivity index (χ1v) is 12.4. The highest BCUT2D eigenvalue weighted by atomic mass is 19.4. The number of ether oxygens (including phenoxy) is 1. The quantitative estimate of drug-likeness (QED) is 0.429. The van der Waals surface area contributed by atoms with Crippen molar-refractivity contribution >= 4 is 11.5 Å². The van der Waals surface area contributed by atoms with E-state index in [0.717, 1.165) is 61.0 Å². The highest BCUT2D eigenvalue weighted by molar-refractivity contribution is 5.48. The molecule has 0 unspecified atom stereocenters. The number of fused-ring (bicyclic) bond motifs is 1. The van der Waals surface area contributed by atoms with E-state index in [0.29, 0.717) is 18.5 Å². The molecule has 3 aromatic heterocycles. The molecule has 196 valence electrons. The fraction of sp³-hybridized carbons (Fsp3) is 0.600. The summed E-state index contributed by atoms with van der Waals surface area (Å²) in [6.45, 7) is 6.84. The molecule has 1 aliphatic rings. The molecule has 1 aliphatic heterocycles. The van der Waals surface area contributed by atoms with E-state index < -0.39 is 12.3 Å². The van der Waals surface area contributed by atoms with Gasteiger partial charge in [0.25, 0.3) is 0 Å². The number of halogens is 3. The molecule has 36 heavy (non-hydrogen) atoms. The van der Waals surface area contributed by atoms with Crippen LogP contribution in [0.4, 0.5) is 19.0 Å². The number of aromatic nitrogens is 5. The molecule has 0 radical (unpaired) electrons. The van der Waals surface area contributed by atoms with Gasteiger partial charge in [-0.2, -0.15) is 18.2 Å². The molecule has 0 bridgehead atoms. The van der Waals surface area contributed by atoms with E-state index in [4.69, 9.17) is 9.72 Å². The first-order valence-electron chi connectivity index (χ1n) is 12.4. The summed E-state index contributed by atoms with van der Waals surface area (Å²) in [6.07, 6.45) is 1.41. The Kier molecular flexibility index (Phi) is 7.97. The molecule has 0 aromatic carbocycles. The Morgan fingerprint density at radius 3 is 2.50 bits per heavy atom. The van der Waals surface area contributed by atoms with Crippen LogP contribution < -0.4 is 9.64 Å². The number of alkyl halides is 3. The van der Waals surface area contributed by atoms with Crippen LogP contribution in [0.15, 0.2) is 24.7 Å². The lowest BCUT2D eigenvalue weighted by atomic mass is 9.96. The first kappa shape index (κ1) is 26.1. The molecule has 4 heterocycles. The number of aryl methyl sites for hydroxylation is 1. The highest BCUT2D eigenvalue weighted by Crippen LogP contribution is 2.28. The standard InChI is InChI=1S/C25H34F3N7O/c1-5-6-21(25(26,27)28)36-24-31-15-22-29-14-20(35(22)32-24)12-19-11-17(2)23(30-13-19)34-9-7-18(8-10-34)16-33(3)4/h11,13-15,18,21H,5-10,12,16H2,1-4H3/t21-/m1/s1. The zero-order valence-electron chi connectivity index (χ0n) is 21.3. The summed E-state index contributed by atoms with van der Waals surface area (Å²) < 4.78 is 46.4. The number of pyridine rings is 1. The van der Waals surface area contributed by atoms with Crippen LogP contribution in [0.2, 0.25) is 0 Å². The fourth-order valence-corrected chi connectivity index (χ4v) is 4.78. The molecular formula is C25H34F3N7O. The molecular weight excluding hydrogens is 471 g/mol. The molecule has 0 amide bonds. The Bertz CT molecular complexity index is 1160. The number of hydrogen-bond donors (Lipinski definition) is 0. The summed E-state index contributed by atoms with van der Waals surface area (Å²) in [5, 5.41) is 4.20. The van der Waals surface area contributed by atoms with Crippen LogP contribution in [-0.4, -0.2) is 75.5 Å². The summed E-state index contributed by atoms with van der Waals surface area (Å²) >= 11 is 0. The van der Waals surface area contributed by atoms with Gasteiger partial charge in [0, 0.05) is 32.3 Å². The van der Waals surface area contributed by atoms with Gasteiger partial charge in [-0.05, 0) is 57.3 Å². The maximum atomic E-state index is 13.3. The van der Waals surface area contributed by atoms with Crippen LogP contribution in [0, 0.1) is 12.8 Å². The van der Waals surface area contributed by atoms with Crippen LogP contribution in [0.5, 0.6) is 6.01 Å². The van der Waals surface area contributed by atoms with E-state index in [1.165, 1.54) is 10.7 Å². The summed E-state index contributed by atoms with van der Waals surface area (Å²) in [5.74, 6) is 1.72.